The Labute approximate surface area is 119 Å². The number of aliphatic carboxylic acids is 1. The summed E-state index contributed by atoms with van der Waals surface area (Å²) >= 11 is 0. The van der Waals surface area contributed by atoms with E-state index in [1.165, 1.54) is 4.90 Å². The van der Waals surface area contributed by atoms with Gasteiger partial charge in [-0.15, -0.1) is 0 Å². The van der Waals surface area contributed by atoms with Gasteiger partial charge in [-0.2, -0.15) is 0 Å². The van der Waals surface area contributed by atoms with Gasteiger partial charge in [0, 0.05) is 19.7 Å². The molecule has 2 saturated heterocycles. The predicted octanol–water partition coefficient (Wildman–Crippen LogP) is 1.59. The minimum absolute atomic E-state index is 0.0759. The van der Waals surface area contributed by atoms with Gasteiger partial charge >= 0.3 is 12.0 Å². The number of hydrogen-bond donors (Lipinski definition) is 2. The van der Waals surface area contributed by atoms with Crippen LogP contribution in [0.3, 0.4) is 0 Å². The molecule has 2 aliphatic heterocycles. The average Bonchev–Trinajstić information content (AvgIpc) is 3.06. The van der Waals surface area contributed by atoms with Crippen molar-refractivity contribution in [3.05, 3.63) is 0 Å². The van der Waals surface area contributed by atoms with Crippen molar-refractivity contribution in [3.8, 4) is 0 Å². The van der Waals surface area contributed by atoms with Crippen LogP contribution in [0.2, 0.25) is 0 Å². The highest BCUT2D eigenvalue weighted by molar-refractivity contribution is 5.87. The Bertz CT molecular complexity index is 368. The number of rotatable bonds is 5. The van der Waals surface area contributed by atoms with E-state index in [2.05, 4.69) is 5.32 Å². The number of ether oxygens (including phenoxy) is 1. The first kappa shape index (κ1) is 15.1. The quantitative estimate of drug-likeness (QED) is 0.803. The molecule has 2 aliphatic rings. The van der Waals surface area contributed by atoms with Gasteiger partial charge in [-0.25, -0.2) is 9.59 Å². The van der Waals surface area contributed by atoms with Gasteiger partial charge in [-0.3, -0.25) is 0 Å². The Kier molecular flexibility index (Phi) is 4.86. The van der Waals surface area contributed by atoms with Crippen LogP contribution in [-0.4, -0.2) is 53.3 Å². The fraction of sp³-hybridized carbons (Fsp3) is 0.857. The van der Waals surface area contributed by atoms with Gasteiger partial charge < -0.3 is 20.1 Å². The van der Waals surface area contributed by atoms with Gasteiger partial charge in [0.05, 0.1) is 6.10 Å². The monoisotopic (exact) mass is 284 g/mol. The highest BCUT2D eigenvalue weighted by atomic mass is 16.5. The molecular weight excluding hydrogens is 260 g/mol. The first-order chi connectivity index (χ1) is 9.60. The van der Waals surface area contributed by atoms with E-state index in [0.29, 0.717) is 25.9 Å². The van der Waals surface area contributed by atoms with Gasteiger partial charge in [0.1, 0.15) is 5.54 Å². The van der Waals surface area contributed by atoms with E-state index in [4.69, 9.17) is 4.74 Å². The van der Waals surface area contributed by atoms with Crippen molar-refractivity contribution in [2.75, 3.05) is 19.7 Å². The number of carbonyl (C=O) groups excluding carboxylic acids is 1. The van der Waals surface area contributed by atoms with Crippen molar-refractivity contribution in [2.45, 2.75) is 57.1 Å². The second-order valence-electron chi connectivity index (χ2n) is 5.66. The molecule has 0 aromatic heterocycles. The first-order valence-electron chi connectivity index (χ1n) is 7.50. The van der Waals surface area contributed by atoms with Crippen molar-refractivity contribution < 1.29 is 19.4 Å². The molecule has 0 saturated carbocycles. The number of nitrogens with zero attached hydrogens (tertiary/aromatic N) is 1. The number of carboxylic acid groups (broad SMARTS) is 1. The zero-order valence-electron chi connectivity index (χ0n) is 12.1. The van der Waals surface area contributed by atoms with E-state index in [1.54, 1.807) is 0 Å². The second kappa shape index (κ2) is 6.43. The first-order valence-corrected chi connectivity index (χ1v) is 7.50. The second-order valence-corrected chi connectivity index (χ2v) is 5.66. The molecule has 0 aromatic rings. The Balaban J connectivity index is 1.97. The van der Waals surface area contributed by atoms with E-state index >= 15 is 0 Å². The Morgan fingerprint density at radius 3 is 2.85 bits per heavy atom. The molecule has 2 amide bonds. The predicted molar refractivity (Wildman–Crippen MR) is 73.6 cm³/mol. The molecule has 2 unspecified atom stereocenters. The third kappa shape index (κ3) is 2.90. The molecule has 6 nitrogen and oxygen atoms in total. The van der Waals surface area contributed by atoms with Crippen molar-refractivity contribution >= 4 is 12.0 Å². The number of amides is 2. The minimum Gasteiger partial charge on any atom is -0.479 e. The van der Waals surface area contributed by atoms with Crippen LogP contribution < -0.4 is 5.32 Å². The summed E-state index contributed by atoms with van der Waals surface area (Å²) in [5.41, 5.74) is -1.02. The molecule has 2 heterocycles. The fourth-order valence-corrected chi connectivity index (χ4v) is 3.28. The topological polar surface area (TPSA) is 78.9 Å². The van der Waals surface area contributed by atoms with Crippen molar-refractivity contribution in [3.63, 3.8) is 0 Å². The van der Waals surface area contributed by atoms with Crippen molar-refractivity contribution in [1.82, 2.24) is 10.2 Å². The summed E-state index contributed by atoms with van der Waals surface area (Å²) in [7, 11) is 0. The van der Waals surface area contributed by atoms with Crippen molar-refractivity contribution in [1.29, 1.82) is 0 Å². The molecule has 20 heavy (non-hydrogen) atoms. The number of hydrogen-bond acceptors (Lipinski definition) is 3. The summed E-state index contributed by atoms with van der Waals surface area (Å²) < 4.78 is 5.46. The van der Waals surface area contributed by atoms with E-state index in [-0.39, 0.29) is 12.1 Å². The lowest BCUT2D eigenvalue weighted by molar-refractivity contribution is -0.148. The van der Waals surface area contributed by atoms with Crippen LogP contribution >= 0.6 is 0 Å². The van der Waals surface area contributed by atoms with Crippen LogP contribution in [0.1, 0.15) is 45.4 Å². The number of likely N-dealkylation sites (tertiary alicyclic amines) is 1. The maximum atomic E-state index is 12.3. The fourth-order valence-electron chi connectivity index (χ4n) is 3.28. The number of nitrogens with one attached hydrogen (secondary N) is 1. The summed E-state index contributed by atoms with van der Waals surface area (Å²) in [5.74, 6) is -0.885. The Hall–Kier alpha value is -1.30. The summed E-state index contributed by atoms with van der Waals surface area (Å²) in [5, 5.41) is 12.4. The molecule has 0 aliphatic carbocycles. The molecule has 0 aromatic carbocycles. The molecule has 6 heteroatoms. The van der Waals surface area contributed by atoms with Gasteiger partial charge in [0.25, 0.3) is 0 Å². The number of carbonyl (C=O) groups is 2. The van der Waals surface area contributed by atoms with Crippen LogP contribution in [0, 0.1) is 0 Å². The molecular formula is C14H24N2O4. The third-order valence-corrected chi connectivity index (χ3v) is 4.30. The summed E-state index contributed by atoms with van der Waals surface area (Å²) in [6.45, 7) is 3.69. The van der Waals surface area contributed by atoms with E-state index < -0.39 is 11.5 Å². The number of carboxylic acids is 1. The highest BCUT2D eigenvalue weighted by Crippen LogP contribution is 2.34. The van der Waals surface area contributed by atoms with Gasteiger partial charge in [-0.1, -0.05) is 13.3 Å². The average molecular weight is 284 g/mol. The molecule has 114 valence electrons. The number of urea groups is 1. The van der Waals surface area contributed by atoms with Crippen LogP contribution in [-0.2, 0) is 9.53 Å². The largest absolute Gasteiger partial charge is 0.479 e. The standard InChI is InChI=1S/C14H24N2O4/c1-2-6-14(12(17)18)7-4-8-16(14)13(19)15-10-11-5-3-9-20-11/h11H,2-10H2,1H3,(H,15,19)(H,17,18). The maximum Gasteiger partial charge on any atom is 0.329 e. The molecule has 2 N–H and O–H groups in total. The summed E-state index contributed by atoms with van der Waals surface area (Å²) in [4.78, 5) is 25.4. The molecule has 2 rings (SSSR count). The zero-order chi connectivity index (χ0) is 14.6. The van der Waals surface area contributed by atoms with Crippen molar-refractivity contribution in [2.24, 2.45) is 0 Å². The van der Waals surface area contributed by atoms with E-state index in [1.807, 2.05) is 6.92 Å². The van der Waals surface area contributed by atoms with Gasteiger partial charge in [0.15, 0.2) is 0 Å². The van der Waals surface area contributed by atoms with Crippen LogP contribution in [0.15, 0.2) is 0 Å². The van der Waals surface area contributed by atoms with E-state index in [9.17, 15) is 14.7 Å². The van der Waals surface area contributed by atoms with Gasteiger partial charge in [0.2, 0.25) is 0 Å². The van der Waals surface area contributed by atoms with Crippen LogP contribution in [0.5, 0.6) is 0 Å². The Morgan fingerprint density at radius 2 is 2.25 bits per heavy atom. The molecule has 0 bridgehead atoms. The van der Waals surface area contributed by atoms with Gasteiger partial charge in [-0.05, 0) is 32.1 Å². The highest BCUT2D eigenvalue weighted by Gasteiger charge is 2.49. The molecule has 0 radical (unpaired) electrons. The summed E-state index contributed by atoms with van der Waals surface area (Å²) in [6, 6.07) is -0.270. The maximum absolute atomic E-state index is 12.3. The lowest BCUT2D eigenvalue weighted by Gasteiger charge is -2.34. The lowest BCUT2D eigenvalue weighted by atomic mass is 9.91. The summed E-state index contributed by atoms with van der Waals surface area (Å²) in [6.07, 6.45) is 4.62. The molecule has 2 fully saturated rings. The zero-order valence-corrected chi connectivity index (χ0v) is 12.1. The smallest absolute Gasteiger partial charge is 0.329 e. The third-order valence-electron chi connectivity index (χ3n) is 4.30. The minimum atomic E-state index is -1.02. The normalized spacial score (nSPS) is 29.6. The van der Waals surface area contributed by atoms with E-state index in [0.717, 1.165) is 32.3 Å². The Morgan fingerprint density at radius 1 is 1.45 bits per heavy atom. The lowest BCUT2D eigenvalue weighted by Crippen LogP contribution is -2.56. The van der Waals surface area contributed by atoms with Crippen LogP contribution in [0.25, 0.3) is 0 Å². The SMILES string of the molecule is CCCC1(C(=O)O)CCCN1C(=O)NCC1CCCO1. The molecule has 2 atom stereocenters. The van der Waals surface area contributed by atoms with Crippen LogP contribution in [0.4, 0.5) is 4.79 Å². The molecule has 0 spiro atoms.